The highest BCUT2D eigenvalue weighted by atomic mass is 16.6. The van der Waals surface area contributed by atoms with Gasteiger partial charge in [0.1, 0.15) is 12.2 Å². The number of carbonyl (C=O) groups is 1. The fourth-order valence-electron chi connectivity index (χ4n) is 0.766. The van der Waals surface area contributed by atoms with Crippen molar-refractivity contribution in [2.45, 2.75) is 25.6 Å². The summed E-state index contributed by atoms with van der Waals surface area (Å²) < 4.78 is 4.82. The molecule has 0 aliphatic carbocycles. The van der Waals surface area contributed by atoms with Crippen LogP contribution in [0.2, 0.25) is 0 Å². The maximum Gasteiger partial charge on any atom is 0.164 e. The van der Waals surface area contributed by atoms with Gasteiger partial charge in [0.2, 0.25) is 0 Å². The van der Waals surface area contributed by atoms with E-state index in [1.54, 1.807) is 6.92 Å². The Hall–Kier alpha value is -0.410. The number of carbonyl (C=O) groups excluding carboxylic acids is 1. The summed E-state index contributed by atoms with van der Waals surface area (Å²) in [6.45, 7) is 1.76. The van der Waals surface area contributed by atoms with Crippen LogP contribution in [0.1, 0.15) is 13.3 Å². The van der Waals surface area contributed by atoms with E-state index in [1.165, 1.54) is 0 Å². The molecule has 1 N–H and O–H groups in total. The highest BCUT2D eigenvalue weighted by Gasteiger charge is 2.42. The monoisotopic (exact) mass is 130 g/mol. The molecular weight excluding hydrogens is 120 g/mol. The van der Waals surface area contributed by atoms with E-state index in [-0.39, 0.29) is 24.6 Å². The smallest absolute Gasteiger partial charge is 0.164 e. The van der Waals surface area contributed by atoms with Crippen molar-refractivity contribution in [3.05, 3.63) is 0 Å². The van der Waals surface area contributed by atoms with Crippen LogP contribution in [-0.2, 0) is 9.53 Å². The van der Waals surface area contributed by atoms with Crippen molar-refractivity contribution in [1.82, 2.24) is 0 Å². The molecule has 1 heterocycles. The Morgan fingerprint density at radius 1 is 1.78 bits per heavy atom. The minimum atomic E-state index is -0.292. The second-order valence-electron chi connectivity index (χ2n) is 2.10. The number of hydrogen-bond donors (Lipinski definition) is 1. The summed E-state index contributed by atoms with van der Waals surface area (Å²) in [5.74, 6) is 0.0917. The Labute approximate surface area is 53.6 Å². The molecular formula is C6H10O3. The lowest BCUT2D eigenvalue weighted by Crippen LogP contribution is -2.09. The van der Waals surface area contributed by atoms with Crippen LogP contribution in [0, 0.1) is 0 Å². The van der Waals surface area contributed by atoms with E-state index in [0.717, 1.165) is 0 Å². The Kier molecular flexibility index (Phi) is 1.83. The van der Waals surface area contributed by atoms with Gasteiger partial charge in [0.25, 0.3) is 0 Å². The van der Waals surface area contributed by atoms with Gasteiger partial charge in [-0.25, -0.2) is 0 Å². The number of aliphatic hydroxyl groups is 1. The quantitative estimate of drug-likeness (QED) is 0.535. The Morgan fingerprint density at radius 3 is 2.78 bits per heavy atom. The van der Waals surface area contributed by atoms with Crippen LogP contribution >= 0.6 is 0 Å². The molecule has 0 amide bonds. The molecule has 52 valence electrons. The van der Waals surface area contributed by atoms with Gasteiger partial charge in [0.15, 0.2) is 5.78 Å². The van der Waals surface area contributed by atoms with Gasteiger partial charge in [-0.1, -0.05) is 6.92 Å². The third kappa shape index (κ3) is 1.28. The van der Waals surface area contributed by atoms with Gasteiger partial charge < -0.3 is 9.84 Å². The van der Waals surface area contributed by atoms with E-state index in [0.29, 0.717) is 6.42 Å². The first-order valence-corrected chi connectivity index (χ1v) is 3.08. The molecule has 1 rings (SSSR count). The van der Waals surface area contributed by atoms with Crippen LogP contribution in [0.3, 0.4) is 0 Å². The van der Waals surface area contributed by atoms with Crippen LogP contribution in [0.15, 0.2) is 0 Å². The molecule has 2 unspecified atom stereocenters. The highest BCUT2D eigenvalue weighted by molar-refractivity contribution is 5.85. The maximum atomic E-state index is 10.7. The Balaban J connectivity index is 2.25. The molecule has 0 spiro atoms. The van der Waals surface area contributed by atoms with Gasteiger partial charge >= 0.3 is 0 Å². The molecule has 3 heteroatoms. The molecule has 1 aliphatic rings. The van der Waals surface area contributed by atoms with Crippen molar-refractivity contribution in [2.75, 3.05) is 6.61 Å². The van der Waals surface area contributed by atoms with Crippen molar-refractivity contribution in [1.29, 1.82) is 0 Å². The molecule has 9 heavy (non-hydrogen) atoms. The Bertz CT molecular complexity index is 121. The summed E-state index contributed by atoms with van der Waals surface area (Å²) >= 11 is 0. The van der Waals surface area contributed by atoms with Crippen LogP contribution < -0.4 is 0 Å². The minimum absolute atomic E-state index is 0.0313. The van der Waals surface area contributed by atoms with Crippen molar-refractivity contribution in [2.24, 2.45) is 0 Å². The normalized spacial score (nSPS) is 32.2. The van der Waals surface area contributed by atoms with Crippen molar-refractivity contribution in [3.63, 3.8) is 0 Å². The zero-order chi connectivity index (χ0) is 6.85. The van der Waals surface area contributed by atoms with Crippen molar-refractivity contribution in [3.8, 4) is 0 Å². The lowest BCUT2D eigenvalue weighted by atomic mass is 10.2. The number of epoxide rings is 1. The third-order valence-electron chi connectivity index (χ3n) is 1.43. The lowest BCUT2D eigenvalue weighted by Gasteiger charge is -1.85. The Morgan fingerprint density at radius 2 is 2.44 bits per heavy atom. The highest BCUT2D eigenvalue weighted by Crippen LogP contribution is 2.22. The van der Waals surface area contributed by atoms with E-state index >= 15 is 0 Å². The first-order chi connectivity index (χ1) is 4.29. The number of Topliss-reactive ketones (excluding diaryl/α,β-unsaturated/α-hetero) is 1. The molecule has 2 atom stereocenters. The van der Waals surface area contributed by atoms with Crippen LogP contribution in [-0.4, -0.2) is 29.7 Å². The van der Waals surface area contributed by atoms with Crippen LogP contribution in [0.25, 0.3) is 0 Å². The van der Waals surface area contributed by atoms with Gasteiger partial charge in [-0.05, 0) is 0 Å². The van der Waals surface area contributed by atoms with Gasteiger partial charge in [-0.15, -0.1) is 0 Å². The molecule has 0 radical (unpaired) electrons. The molecule has 0 aromatic heterocycles. The summed E-state index contributed by atoms with van der Waals surface area (Å²) in [6, 6.07) is 0. The first-order valence-electron chi connectivity index (χ1n) is 3.08. The number of hydrogen-bond acceptors (Lipinski definition) is 3. The minimum Gasteiger partial charge on any atom is -0.394 e. The summed E-state index contributed by atoms with van der Waals surface area (Å²) in [5, 5.41) is 8.44. The van der Waals surface area contributed by atoms with Crippen LogP contribution in [0.5, 0.6) is 0 Å². The topological polar surface area (TPSA) is 49.8 Å². The van der Waals surface area contributed by atoms with Gasteiger partial charge in [-0.3, -0.25) is 4.79 Å². The largest absolute Gasteiger partial charge is 0.394 e. The maximum absolute atomic E-state index is 10.7. The molecule has 0 saturated carbocycles. The van der Waals surface area contributed by atoms with Crippen LogP contribution in [0.4, 0.5) is 0 Å². The number of ether oxygens (including phenoxy) is 1. The summed E-state index contributed by atoms with van der Waals surface area (Å²) in [4.78, 5) is 10.7. The summed E-state index contributed by atoms with van der Waals surface area (Å²) in [6.07, 6.45) is 0.0127. The van der Waals surface area contributed by atoms with Crippen molar-refractivity contribution < 1.29 is 14.6 Å². The molecule has 0 aromatic rings. The standard InChI is InChI=1S/C6H10O3/c1-2-4(8)6-5(3-7)9-6/h5-7H,2-3H2,1H3. The third-order valence-corrected chi connectivity index (χ3v) is 1.43. The van der Waals surface area contributed by atoms with Gasteiger partial charge in [0, 0.05) is 6.42 Å². The fourth-order valence-corrected chi connectivity index (χ4v) is 0.766. The number of rotatable bonds is 3. The molecule has 1 fully saturated rings. The summed E-state index contributed by atoms with van der Waals surface area (Å²) in [5.41, 5.74) is 0. The van der Waals surface area contributed by atoms with E-state index < -0.39 is 0 Å². The lowest BCUT2D eigenvalue weighted by molar-refractivity contribution is -0.119. The molecule has 3 nitrogen and oxygen atoms in total. The van der Waals surface area contributed by atoms with E-state index in [1.807, 2.05) is 0 Å². The zero-order valence-corrected chi connectivity index (χ0v) is 5.33. The molecule has 0 bridgehead atoms. The molecule has 0 aromatic carbocycles. The second-order valence-corrected chi connectivity index (χ2v) is 2.10. The van der Waals surface area contributed by atoms with Gasteiger partial charge in [0.05, 0.1) is 6.61 Å². The van der Waals surface area contributed by atoms with E-state index in [4.69, 9.17) is 9.84 Å². The predicted octanol–water partition coefficient (Wildman–Crippen LogP) is -0.275. The summed E-state index contributed by atoms with van der Waals surface area (Å²) in [7, 11) is 0. The molecule has 1 saturated heterocycles. The predicted molar refractivity (Wildman–Crippen MR) is 31.0 cm³/mol. The fraction of sp³-hybridized carbons (Fsp3) is 0.833. The average Bonchev–Trinajstić information content (AvgIpc) is 2.64. The number of ketones is 1. The van der Waals surface area contributed by atoms with Gasteiger partial charge in [-0.2, -0.15) is 0 Å². The first kappa shape index (κ1) is 6.71. The van der Waals surface area contributed by atoms with E-state index in [9.17, 15) is 4.79 Å². The average molecular weight is 130 g/mol. The number of aliphatic hydroxyl groups excluding tert-OH is 1. The van der Waals surface area contributed by atoms with E-state index in [2.05, 4.69) is 0 Å². The van der Waals surface area contributed by atoms with Crippen molar-refractivity contribution >= 4 is 5.78 Å². The SMILES string of the molecule is CCC(=O)C1OC1CO. The zero-order valence-electron chi connectivity index (χ0n) is 5.33. The molecule has 1 aliphatic heterocycles. The second kappa shape index (κ2) is 2.45.